The van der Waals surface area contributed by atoms with Crippen LogP contribution in [0, 0.1) is 10.1 Å². The molecule has 0 aromatic heterocycles. The van der Waals surface area contributed by atoms with E-state index in [0.29, 0.717) is 4.90 Å². The number of nitrogens with two attached hydrogens (primary N) is 1. The van der Waals surface area contributed by atoms with Crippen molar-refractivity contribution in [1.82, 2.24) is 0 Å². The largest absolute Gasteiger partial charge is 0.323 e. The lowest BCUT2D eigenvalue weighted by Crippen LogP contribution is -2.12. The molecule has 0 aliphatic rings. The molecule has 0 saturated heterocycles. The number of hydrogen-bond donors (Lipinski definition) is 2. The molecular formula is C12H9Cl2N3O4S2. The summed E-state index contributed by atoms with van der Waals surface area (Å²) in [6.07, 6.45) is 0. The van der Waals surface area contributed by atoms with Crippen LogP contribution in [0.25, 0.3) is 0 Å². The van der Waals surface area contributed by atoms with Crippen molar-refractivity contribution in [3.8, 4) is 0 Å². The van der Waals surface area contributed by atoms with Crippen molar-refractivity contribution in [2.45, 2.75) is 9.79 Å². The fourth-order valence-electron chi connectivity index (χ4n) is 1.61. The first-order valence-corrected chi connectivity index (χ1v) is 9.00. The first-order valence-electron chi connectivity index (χ1n) is 5.88. The van der Waals surface area contributed by atoms with E-state index in [4.69, 9.17) is 28.3 Å². The Hall–Kier alpha value is -1.52. The Labute approximate surface area is 146 Å². The van der Waals surface area contributed by atoms with Gasteiger partial charge in [0, 0.05) is 6.07 Å². The highest BCUT2D eigenvalue weighted by Crippen LogP contribution is 2.37. The zero-order valence-electron chi connectivity index (χ0n) is 11.2. The predicted molar refractivity (Wildman–Crippen MR) is 90.4 cm³/mol. The van der Waals surface area contributed by atoms with Crippen LogP contribution in [-0.2, 0) is 10.0 Å². The van der Waals surface area contributed by atoms with E-state index >= 15 is 0 Å². The van der Waals surface area contributed by atoms with Crippen LogP contribution < -0.4 is 9.86 Å². The van der Waals surface area contributed by atoms with Gasteiger partial charge < -0.3 is 4.72 Å². The van der Waals surface area contributed by atoms with Crippen LogP contribution in [0.3, 0.4) is 0 Å². The van der Waals surface area contributed by atoms with E-state index in [-0.39, 0.29) is 26.3 Å². The summed E-state index contributed by atoms with van der Waals surface area (Å²) >= 11 is 12.9. The van der Waals surface area contributed by atoms with Crippen LogP contribution in [0.4, 0.5) is 11.4 Å². The molecule has 0 amide bonds. The summed E-state index contributed by atoms with van der Waals surface area (Å²) in [5.41, 5.74) is 0.141. The summed E-state index contributed by atoms with van der Waals surface area (Å²) in [5, 5.41) is 16.0. The maximum Gasteiger partial charge on any atom is 0.284 e. The Balaban J connectivity index is 2.31. The molecule has 0 heterocycles. The summed E-state index contributed by atoms with van der Waals surface area (Å²) in [6, 6.07) is 8.39. The third-order valence-electron chi connectivity index (χ3n) is 2.67. The molecule has 23 heavy (non-hydrogen) atoms. The molecule has 7 nitrogen and oxygen atoms in total. The first-order chi connectivity index (χ1) is 10.7. The van der Waals surface area contributed by atoms with E-state index in [2.05, 4.69) is 4.72 Å². The Morgan fingerprint density at radius 1 is 1.17 bits per heavy atom. The molecule has 2 aromatic rings. The van der Waals surface area contributed by atoms with Crippen LogP contribution in [0.1, 0.15) is 0 Å². The molecule has 0 aliphatic carbocycles. The molecule has 0 fully saturated rings. The van der Waals surface area contributed by atoms with Crippen molar-refractivity contribution in [3.63, 3.8) is 0 Å². The van der Waals surface area contributed by atoms with Crippen molar-refractivity contribution in [2.75, 3.05) is 4.72 Å². The van der Waals surface area contributed by atoms with Gasteiger partial charge in [0.05, 0.1) is 25.6 Å². The van der Waals surface area contributed by atoms with E-state index in [1.165, 1.54) is 6.07 Å². The number of benzene rings is 2. The number of sulfonamides is 1. The van der Waals surface area contributed by atoms with E-state index in [1.807, 2.05) is 0 Å². The molecule has 0 spiro atoms. The molecule has 122 valence electrons. The number of nitrogens with zero attached hydrogens (tertiary/aromatic N) is 1. The highest BCUT2D eigenvalue weighted by atomic mass is 35.5. The van der Waals surface area contributed by atoms with Gasteiger partial charge in [-0.05, 0) is 30.1 Å². The molecule has 2 aromatic carbocycles. The van der Waals surface area contributed by atoms with Crippen molar-refractivity contribution >= 4 is 56.5 Å². The van der Waals surface area contributed by atoms with Gasteiger partial charge in [-0.15, -0.1) is 0 Å². The van der Waals surface area contributed by atoms with Gasteiger partial charge in [-0.2, -0.15) is 0 Å². The zero-order valence-corrected chi connectivity index (χ0v) is 14.3. The van der Waals surface area contributed by atoms with E-state index in [1.54, 1.807) is 18.2 Å². The average Bonchev–Trinajstić information content (AvgIpc) is 2.45. The molecule has 0 bridgehead atoms. The standard InChI is InChI=1S/C12H9Cl2N3O4S2/c13-8-5-7(23(15,20)21)6-9(14)12(8)16-22-11-4-2-1-3-10(11)17(18)19/h1-6,16H,(H2,15,20,21). The lowest BCUT2D eigenvalue weighted by Gasteiger charge is -2.11. The Morgan fingerprint density at radius 3 is 2.26 bits per heavy atom. The third-order valence-corrected chi connectivity index (χ3v) is 5.03. The van der Waals surface area contributed by atoms with Crippen LogP contribution in [0.2, 0.25) is 10.0 Å². The molecule has 11 heteroatoms. The molecule has 0 radical (unpaired) electrons. The van der Waals surface area contributed by atoms with Crippen LogP contribution >= 0.6 is 35.1 Å². The van der Waals surface area contributed by atoms with Crippen LogP contribution in [0.15, 0.2) is 46.2 Å². The number of rotatable bonds is 5. The van der Waals surface area contributed by atoms with Crippen molar-refractivity contribution in [2.24, 2.45) is 5.14 Å². The van der Waals surface area contributed by atoms with Gasteiger partial charge in [-0.1, -0.05) is 35.3 Å². The minimum absolute atomic E-state index is 0.0209. The molecule has 0 aliphatic heterocycles. The van der Waals surface area contributed by atoms with Gasteiger partial charge in [0.15, 0.2) is 0 Å². The van der Waals surface area contributed by atoms with Crippen molar-refractivity contribution < 1.29 is 13.3 Å². The molecule has 3 N–H and O–H groups in total. The van der Waals surface area contributed by atoms with Gasteiger partial charge in [0.2, 0.25) is 10.0 Å². The topological polar surface area (TPSA) is 115 Å². The van der Waals surface area contributed by atoms with Gasteiger partial charge in [-0.3, -0.25) is 10.1 Å². The highest BCUT2D eigenvalue weighted by Gasteiger charge is 2.17. The Morgan fingerprint density at radius 2 is 1.74 bits per heavy atom. The monoisotopic (exact) mass is 393 g/mol. The fraction of sp³-hybridized carbons (Fsp3) is 0. The van der Waals surface area contributed by atoms with Gasteiger partial charge >= 0.3 is 0 Å². The third kappa shape index (κ3) is 4.27. The van der Waals surface area contributed by atoms with Crippen molar-refractivity contribution in [3.05, 3.63) is 56.6 Å². The lowest BCUT2D eigenvalue weighted by molar-refractivity contribution is -0.387. The number of primary sulfonamides is 1. The summed E-state index contributed by atoms with van der Waals surface area (Å²) < 4.78 is 25.4. The fourth-order valence-corrected chi connectivity index (χ4v) is 3.82. The number of halogens is 2. The molecule has 0 saturated carbocycles. The number of nitro groups is 1. The Kier molecular flexibility index (Phi) is 5.37. The SMILES string of the molecule is NS(=O)(=O)c1cc(Cl)c(NSc2ccccc2[N+](=O)[O-])c(Cl)c1. The second-order valence-corrected chi connectivity index (χ2v) is 7.46. The number of nitrogens with one attached hydrogen (secondary N) is 1. The maximum atomic E-state index is 11.3. The summed E-state index contributed by atoms with van der Waals surface area (Å²) in [5.74, 6) is 0. The first kappa shape index (κ1) is 17.8. The van der Waals surface area contributed by atoms with Crippen LogP contribution in [-0.4, -0.2) is 13.3 Å². The molecule has 2 rings (SSSR count). The Bertz CT molecular complexity index is 851. The molecule has 0 unspecified atom stereocenters. The summed E-state index contributed by atoms with van der Waals surface area (Å²) in [7, 11) is -3.94. The number of hydrogen-bond acceptors (Lipinski definition) is 6. The second kappa shape index (κ2) is 6.93. The van der Waals surface area contributed by atoms with E-state index < -0.39 is 14.9 Å². The molecular weight excluding hydrogens is 385 g/mol. The van der Waals surface area contributed by atoms with Gasteiger partial charge in [0.1, 0.15) is 4.90 Å². The van der Waals surface area contributed by atoms with Crippen LogP contribution in [0.5, 0.6) is 0 Å². The number of para-hydroxylation sites is 1. The number of nitro benzene ring substituents is 1. The van der Waals surface area contributed by atoms with Gasteiger partial charge in [0.25, 0.3) is 5.69 Å². The normalized spacial score (nSPS) is 11.3. The quantitative estimate of drug-likeness (QED) is 0.454. The minimum Gasteiger partial charge on any atom is -0.323 e. The number of anilines is 1. The van der Waals surface area contributed by atoms with E-state index in [9.17, 15) is 18.5 Å². The van der Waals surface area contributed by atoms with Gasteiger partial charge in [-0.25, -0.2) is 13.6 Å². The summed E-state index contributed by atoms with van der Waals surface area (Å²) in [6.45, 7) is 0. The van der Waals surface area contributed by atoms with E-state index in [0.717, 1.165) is 24.1 Å². The summed E-state index contributed by atoms with van der Waals surface area (Å²) in [4.78, 5) is 10.6. The minimum atomic E-state index is -3.94. The highest BCUT2D eigenvalue weighted by molar-refractivity contribution is 8.00. The predicted octanol–water partition coefficient (Wildman–Crippen LogP) is 3.67. The molecule has 0 atom stereocenters. The lowest BCUT2D eigenvalue weighted by atomic mass is 10.3. The average molecular weight is 394 g/mol. The van der Waals surface area contributed by atoms with Crippen molar-refractivity contribution in [1.29, 1.82) is 0 Å². The zero-order chi connectivity index (χ0) is 17.2. The smallest absolute Gasteiger partial charge is 0.284 e. The second-order valence-electron chi connectivity index (χ2n) is 4.24. The maximum absolute atomic E-state index is 11.3.